The van der Waals surface area contributed by atoms with Crippen LogP contribution in [0.3, 0.4) is 0 Å². The highest BCUT2D eigenvalue weighted by molar-refractivity contribution is 5.79. The van der Waals surface area contributed by atoms with Crippen LogP contribution in [0.15, 0.2) is 133 Å². The van der Waals surface area contributed by atoms with Crippen molar-refractivity contribution in [2.75, 3.05) is 0 Å². The van der Waals surface area contributed by atoms with Crippen LogP contribution in [0.25, 0.3) is 55.9 Å². The first-order chi connectivity index (χ1) is 19.0. The highest BCUT2D eigenvalue weighted by Crippen LogP contribution is 2.33. The van der Waals surface area contributed by atoms with E-state index in [-0.39, 0.29) is 0 Å². The lowest BCUT2D eigenvalue weighted by Gasteiger charge is -2.12. The van der Waals surface area contributed by atoms with Gasteiger partial charge in [-0.15, -0.1) is 0 Å². The highest BCUT2D eigenvalue weighted by atomic mass is 14.7. The van der Waals surface area contributed by atoms with Gasteiger partial charge in [-0.1, -0.05) is 120 Å². The maximum Gasteiger partial charge on any atom is 0.0715 e. The predicted molar refractivity (Wildman–Crippen MR) is 166 cm³/mol. The van der Waals surface area contributed by atoms with Crippen LogP contribution >= 0.6 is 0 Å². The lowest BCUT2D eigenvalue weighted by molar-refractivity contribution is 1.31. The maximum atomic E-state index is 5.06. The van der Waals surface area contributed by atoms with Gasteiger partial charge < -0.3 is 0 Å². The third kappa shape index (κ3) is 5.30. The van der Waals surface area contributed by atoms with E-state index in [0.29, 0.717) is 0 Å². The first kappa shape index (κ1) is 24.6. The molecule has 0 aliphatic carbocycles. The van der Waals surface area contributed by atoms with Gasteiger partial charge in [-0.3, -0.25) is 0 Å². The molecule has 1 nitrogen and oxygen atoms in total. The minimum atomic E-state index is 0.981. The van der Waals surface area contributed by atoms with Crippen LogP contribution in [0.4, 0.5) is 0 Å². The van der Waals surface area contributed by atoms with E-state index in [1.807, 2.05) is 6.07 Å². The van der Waals surface area contributed by atoms with Crippen LogP contribution in [0.1, 0.15) is 16.7 Å². The van der Waals surface area contributed by atoms with Crippen LogP contribution in [0, 0.1) is 20.8 Å². The molecule has 188 valence electrons. The fourth-order valence-electron chi connectivity index (χ4n) is 5.17. The molecular formula is C38H31N. The normalized spacial score (nSPS) is 10.9. The smallest absolute Gasteiger partial charge is 0.0715 e. The van der Waals surface area contributed by atoms with Crippen molar-refractivity contribution in [2.24, 2.45) is 0 Å². The molecule has 0 unspecified atom stereocenters. The van der Waals surface area contributed by atoms with Gasteiger partial charge in [-0.25, -0.2) is 4.98 Å². The largest absolute Gasteiger partial charge is 0.248 e. The monoisotopic (exact) mass is 501 g/mol. The molecule has 0 atom stereocenters. The van der Waals surface area contributed by atoms with E-state index in [1.54, 1.807) is 0 Å². The van der Waals surface area contributed by atoms with Gasteiger partial charge >= 0.3 is 0 Å². The molecule has 0 amide bonds. The molecule has 1 heteroatoms. The van der Waals surface area contributed by atoms with Gasteiger partial charge in [-0.05, 0) is 84.0 Å². The van der Waals surface area contributed by atoms with Gasteiger partial charge in [0.05, 0.1) is 11.4 Å². The van der Waals surface area contributed by atoms with Crippen molar-refractivity contribution in [3.05, 3.63) is 150 Å². The van der Waals surface area contributed by atoms with Crippen LogP contribution in [0.2, 0.25) is 0 Å². The molecule has 0 saturated heterocycles. The van der Waals surface area contributed by atoms with E-state index in [9.17, 15) is 0 Å². The topological polar surface area (TPSA) is 12.9 Å². The molecule has 0 fully saturated rings. The summed E-state index contributed by atoms with van der Waals surface area (Å²) < 4.78 is 0. The van der Waals surface area contributed by atoms with Gasteiger partial charge in [0.2, 0.25) is 0 Å². The van der Waals surface area contributed by atoms with Gasteiger partial charge in [0, 0.05) is 11.1 Å². The summed E-state index contributed by atoms with van der Waals surface area (Å²) in [6, 6.07) is 47.8. The Hall–Kier alpha value is -4.75. The maximum absolute atomic E-state index is 5.06. The molecule has 0 aliphatic rings. The zero-order chi connectivity index (χ0) is 26.8. The van der Waals surface area contributed by atoms with Crippen LogP contribution in [-0.2, 0) is 0 Å². The molecule has 6 aromatic rings. The lowest BCUT2D eigenvalue weighted by Crippen LogP contribution is -1.91. The molecule has 39 heavy (non-hydrogen) atoms. The van der Waals surface area contributed by atoms with Crippen LogP contribution in [-0.4, -0.2) is 4.98 Å². The number of rotatable bonds is 5. The van der Waals surface area contributed by atoms with Crippen molar-refractivity contribution >= 4 is 0 Å². The molecule has 0 radical (unpaired) electrons. The minimum Gasteiger partial charge on any atom is -0.248 e. The van der Waals surface area contributed by atoms with Crippen molar-refractivity contribution in [3.8, 4) is 55.9 Å². The molecule has 1 heterocycles. The van der Waals surface area contributed by atoms with Crippen molar-refractivity contribution in [3.63, 3.8) is 0 Å². The molecule has 0 aliphatic heterocycles. The summed E-state index contributed by atoms with van der Waals surface area (Å²) in [5, 5.41) is 0. The van der Waals surface area contributed by atoms with Gasteiger partial charge in [0.1, 0.15) is 0 Å². The summed E-state index contributed by atoms with van der Waals surface area (Å²) >= 11 is 0. The number of hydrogen-bond donors (Lipinski definition) is 0. The fourth-order valence-corrected chi connectivity index (χ4v) is 5.17. The van der Waals surface area contributed by atoms with E-state index in [4.69, 9.17) is 4.98 Å². The Labute approximate surface area is 231 Å². The van der Waals surface area contributed by atoms with E-state index in [2.05, 4.69) is 148 Å². The van der Waals surface area contributed by atoms with Gasteiger partial charge in [0.15, 0.2) is 0 Å². The second-order valence-electron chi connectivity index (χ2n) is 10.3. The summed E-state index contributed by atoms with van der Waals surface area (Å²) in [4.78, 5) is 5.06. The first-order valence-electron chi connectivity index (χ1n) is 13.5. The zero-order valence-corrected chi connectivity index (χ0v) is 22.6. The Balaban J connectivity index is 1.39. The second-order valence-corrected chi connectivity index (χ2v) is 10.3. The Morgan fingerprint density at radius 3 is 1.69 bits per heavy atom. The Morgan fingerprint density at radius 1 is 0.359 bits per heavy atom. The van der Waals surface area contributed by atoms with Crippen molar-refractivity contribution < 1.29 is 0 Å². The number of aryl methyl sites for hydroxylation is 3. The Kier molecular flexibility index (Phi) is 6.65. The summed E-state index contributed by atoms with van der Waals surface area (Å²) in [6.45, 7) is 6.46. The molecule has 0 bridgehead atoms. The Bertz CT molecular complexity index is 1760. The van der Waals surface area contributed by atoms with E-state index in [1.165, 1.54) is 44.5 Å². The second kappa shape index (κ2) is 10.6. The molecule has 5 aromatic carbocycles. The first-order valence-corrected chi connectivity index (χ1v) is 13.5. The molecule has 6 rings (SSSR count). The van der Waals surface area contributed by atoms with Crippen LogP contribution < -0.4 is 0 Å². The third-order valence-electron chi connectivity index (χ3n) is 7.33. The van der Waals surface area contributed by atoms with E-state index in [0.717, 1.165) is 28.1 Å². The summed E-state index contributed by atoms with van der Waals surface area (Å²) in [5.41, 5.74) is 15.3. The van der Waals surface area contributed by atoms with Crippen molar-refractivity contribution in [2.45, 2.75) is 20.8 Å². The number of aromatic nitrogens is 1. The lowest BCUT2D eigenvalue weighted by atomic mass is 9.94. The molecule has 1 aromatic heterocycles. The number of nitrogens with zero attached hydrogens (tertiary/aromatic N) is 1. The highest BCUT2D eigenvalue weighted by Gasteiger charge is 2.10. The summed E-state index contributed by atoms with van der Waals surface area (Å²) in [6.07, 6.45) is 0. The quantitative estimate of drug-likeness (QED) is 0.229. The summed E-state index contributed by atoms with van der Waals surface area (Å²) in [7, 11) is 0. The number of hydrogen-bond acceptors (Lipinski definition) is 1. The van der Waals surface area contributed by atoms with Gasteiger partial charge in [0.25, 0.3) is 0 Å². The predicted octanol–water partition coefficient (Wildman–Crippen LogP) is 10.3. The fraction of sp³-hybridized carbons (Fsp3) is 0.0789. The van der Waals surface area contributed by atoms with Gasteiger partial charge in [-0.2, -0.15) is 0 Å². The number of benzene rings is 5. The third-order valence-corrected chi connectivity index (χ3v) is 7.33. The summed E-state index contributed by atoms with van der Waals surface area (Å²) in [5.74, 6) is 0. The average Bonchev–Trinajstić information content (AvgIpc) is 2.99. The van der Waals surface area contributed by atoms with Crippen molar-refractivity contribution in [1.82, 2.24) is 4.98 Å². The average molecular weight is 502 g/mol. The molecule has 0 saturated carbocycles. The van der Waals surface area contributed by atoms with Crippen LogP contribution in [0.5, 0.6) is 0 Å². The van der Waals surface area contributed by atoms with Crippen molar-refractivity contribution in [1.29, 1.82) is 0 Å². The number of pyridine rings is 1. The molecular weight excluding hydrogens is 470 g/mol. The molecule has 0 N–H and O–H groups in total. The zero-order valence-electron chi connectivity index (χ0n) is 22.6. The SMILES string of the molecule is Cc1cccc(-c2cc(-c3ccc(-c4cccc(-c5cc(C)ccc5C)c4)cc3)cc(-c3ccccc3)n2)c1. The molecule has 0 spiro atoms. The Morgan fingerprint density at radius 2 is 0.949 bits per heavy atom. The van der Waals surface area contributed by atoms with E-state index < -0.39 is 0 Å². The van der Waals surface area contributed by atoms with E-state index >= 15 is 0 Å². The standard InChI is InChI=1S/C38H31N/c1-26-9-7-14-34(21-26)38-25-35(24-37(39-38)31-10-5-4-6-11-31)30-19-17-29(18-20-30)32-12-8-13-33(23-32)36-22-27(2)15-16-28(36)3/h4-25H,1-3H3. The minimum absolute atomic E-state index is 0.981.